The third-order valence-electron chi connectivity index (χ3n) is 2.24. The van der Waals surface area contributed by atoms with Crippen LogP contribution in [0.4, 0.5) is 13.2 Å². The number of hydrogen-bond donors (Lipinski definition) is 0. The predicted molar refractivity (Wildman–Crippen MR) is 61.6 cm³/mol. The third-order valence-corrected chi connectivity index (χ3v) is 2.57. The van der Waals surface area contributed by atoms with Crippen molar-refractivity contribution in [2.75, 3.05) is 6.61 Å². The van der Waals surface area contributed by atoms with Crippen LogP contribution in [-0.4, -0.2) is 12.6 Å². The Balaban J connectivity index is 2.88. The average molecular weight is 281 g/mol. The molecule has 2 nitrogen and oxygen atoms in total. The van der Waals surface area contributed by atoms with Crippen LogP contribution in [0.3, 0.4) is 0 Å². The largest absolute Gasteiger partial charge is 0.462 e. The molecule has 1 rings (SSSR count). The first-order chi connectivity index (χ1) is 8.36. The molecule has 0 unspecified atom stereocenters. The lowest BCUT2D eigenvalue weighted by molar-refractivity contribution is -0.137. The Morgan fingerprint density at radius 3 is 2.61 bits per heavy atom. The second kappa shape index (κ2) is 6.09. The zero-order chi connectivity index (χ0) is 13.8. The maximum absolute atomic E-state index is 12.6. The van der Waals surface area contributed by atoms with Crippen molar-refractivity contribution in [3.8, 4) is 0 Å². The van der Waals surface area contributed by atoms with Crippen molar-refractivity contribution < 1.29 is 22.7 Å². The molecule has 0 aliphatic carbocycles. The van der Waals surface area contributed by atoms with Crippen LogP contribution >= 0.6 is 11.6 Å². The number of alkyl halides is 3. The molecule has 0 amide bonds. The molecule has 0 heterocycles. The van der Waals surface area contributed by atoms with E-state index in [1.807, 2.05) is 6.92 Å². The van der Waals surface area contributed by atoms with Crippen LogP contribution in [0.5, 0.6) is 0 Å². The van der Waals surface area contributed by atoms with E-state index in [0.717, 1.165) is 12.5 Å². The first-order valence-corrected chi connectivity index (χ1v) is 5.78. The fourth-order valence-electron chi connectivity index (χ4n) is 1.26. The van der Waals surface area contributed by atoms with Crippen LogP contribution in [0.2, 0.25) is 5.02 Å². The number of ether oxygens (including phenoxy) is 1. The molecule has 6 heteroatoms. The van der Waals surface area contributed by atoms with Crippen molar-refractivity contribution in [2.45, 2.75) is 25.9 Å². The number of carbonyl (C=O) groups is 1. The van der Waals surface area contributed by atoms with Gasteiger partial charge >= 0.3 is 12.1 Å². The van der Waals surface area contributed by atoms with Gasteiger partial charge in [0.05, 0.1) is 22.8 Å². The predicted octanol–water partition coefficient (Wildman–Crippen LogP) is 4.32. The van der Waals surface area contributed by atoms with Gasteiger partial charge in [-0.1, -0.05) is 24.9 Å². The molecule has 18 heavy (non-hydrogen) atoms. The number of halogens is 4. The van der Waals surface area contributed by atoms with E-state index in [9.17, 15) is 18.0 Å². The van der Waals surface area contributed by atoms with Gasteiger partial charge in [-0.05, 0) is 24.6 Å². The average Bonchev–Trinajstić information content (AvgIpc) is 2.28. The Bertz CT molecular complexity index is 430. The summed E-state index contributed by atoms with van der Waals surface area (Å²) in [6.45, 7) is 2.11. The SMILES string of the molecule is CCCCOC(=O)c1ccc(Cl)c(C(F)(F)F)c1. The van der Waals surface area contributed by atoms with Crippen molar-refractivity contribution in [2.24, 2.45) is 0 Å². The molecule has 0 aliphatic heterocycles. The Labute approximate surface area is 108 Å². The lowest BCUT2D eigenvalue weighted by atomic mass is 10.1. The van der Waals surface area contributed by atoms with Gasteiger partial charge in [-0.2, -0.15) is 13.2 Å². The normalized spacial score (nSPS) is 11.4. The van der Waals surface area contributed by atoms with Gasteiger partial charge in [-0.15, -0.1) is 0 Å². The maximum Gasteiger partial charge on any atom is 0.417 e. The monoisotopic (exact) mass is 280 g/mol. The smallest absolute Gasteiger partial charge is 0.417 e. The molecule has 1 aromatic rings. The van der Waals surface area contributed by atoms with Gasteiger partial charge in [-0.3, -0.25) is 0 Å². The first kappa shape index (κ1) is 14.8. The first-order valence-electron chi connectivity index (χ1n) is 5.40. The summed E-state index contributed by atoms with van der Waals surface area (Å²) in [6.07, 6.45) is -3.08. The summed E-state index contributed by atoms with van der Waals surface area (Å²) in [5, 5.41) is -0.437. The highest BCUT2D eigenvalue weighted by atomic mass is 35.5. The van der Waals surface area contributed by atoms with E-state index >= 15 is 0 Å². The lowest BCUT2D eigenvalue weighted by Crippen LogP contribution is -2.11. The van der Waals surface area contributed by atoms with Gasteiger partial charge in [0.2, 0.25) is 0 Å². The topological polar surface area (TPSA) is 26.3 Å². The number of carbonyl (C=O) groups excluding carboxylic acids is 1. The zero-order valence-electron chi connectivity index (χ0n) is 9.68. The van der Waals surface area contributed by atoms with Crippen molar-refractivity contribution in [3.05, 3.63) is 34.3 Å². The van der Waals surface area contributed by atoms with Crippen molar-refractivity contribution in [1.82, 2.24) is 0 Å². The second-order valence-electron chi connectivity index (χ2n) is 3.68. The van der Waals surface area contributed by atoms with Gasteiger partial charge in [0.25, 0.3) is 0 Å². The third kappa shape index (κ3) is 3.91. The van der Waals surface area contributed by atoms with Crippen LogP contribution < -0.4 is 0 Å². The van der Waals surface area contributed by atoms with Gasteiger partial charge in [-0.25, -0.2) is 4.79 Å². The molecule has 0 radical (unpaired) electrons. The highest BCUT2D eigenvalue weighted by Crippen LogP contribution is 2.35. The Hall–Kier alpha value is -1.23. The van der Waals surface area contributed by atoms with Crippen molar-refractivity contribution in [3.63, 3.8) is 0 Å². The maximum atomic E-state index is 12.6. The minimum Gasteiger partial charge on any atom is -0.462 e. The molecule has 0 spiro atoms. The quantitative estimate of drug-likeness (QED) is 0.606. The summed E-state index contributed by atoms with van der Waals surface area (Å²) in [4.78, 5) is 11.5. The van der Waals surface area contributed by atoms with E-state index in [1.54, 1.807) is 0 Å². The number of rotatable bonds is 4. The molecular weight excluding hydrogens is 269 g/mol. The molecule has 0 fully saturated rings. The van der Waals surface area contributed by atoms with Crippen LogP contribution in [0.15, 0.2) is 18.2 Å². The molecule has 0 N–H and O–H groups in total. The van der Waals surface area contributed by atoms with E-state index in [2.05, 4.69) is 0 Å². The summed E-state index contributed by atoms with van der Waals surface area (Å²) in [5.74, 6) is -0.773. The summed E-state index contributed by atoms with van der Waals surface area (Å²) in [7, 11) is 0. The van der Waals surface area contributed by atoms with E-state index in [1.165, 1.54) is 6.07 Å². The highest BCUT2D eigenvalue weighted by molar-refractivity contribution is 6.31. The molecule has 1 aromatic carbocycles. The molecule has 0 atom stereocenters. The van der Waals surface area contributed by atoms with Crippen LogP contribution in [-0.2, 0) is 10.9 Å². The lowest BCUT2D eigenvalue weighted by Gasteiger charge is -2.10. The highest BCUT2D eigenvalue weighted by Gasteiger charge is 2.33. The van der Waals surface area contributed by atoms with Gasteiger partial charge in [0, 0.05) is 0 Å². The van der Waals surface area contributed by atoms with Crippen LogP contribution in [0, 0.1) is 0 Å². The molecule has 0 saturated heterocycles. The van der Waals surface area contributed by atoms with E-state index < -0.39 is 22.7 Å². The molecule has 0 aliphatic rings. The molecular formula is C12H12ClF3O2. The number of esters is 1. The fourth-order valence-corrected chi connectivity index (χ4v) is 1.49. The summed E-state index contributed by atoms with van der Waals surface area (Å²) < 4.78 is 42.5. The number of hydrogen-bond acceptors (Lipinski definition) is 2. The van der Waals surface area contributed by atoms with Crippen molar-refractivity contribution in [1.29, 1.82) is 0 Å². The Morgan fingerprint density at radius 2 is 2.06 bits per heavy atom. The standard InChI is InChI=1S/C12H12ClF3O2/c1-2-3-6-18-11(17)8-4-5-10(13)9(7-8)12(14,15)16/h4-5,7H,2-3,6H2,1H3. The summed E-state index contributed by atoms with van der Waals surface area (Å²) in [6, 6.07) is 2.96. The Morgan fingerprint density at radius 1 is 1.39 bits per heavy atom. The van der Waals surface area contributed by atoms with Gasteiger partial charge < -0.3 is 4.74 Å². The molecule has 0 saturated carbocycles. The second-order valence-corrected chi connectivity index (χ2v) is 4.09. The van der Waals surface area contributed by atoms with E-state index in [0.29, 0.717) is 12.5 Å². The van der Waals surface area contributed by atoms with Gasteiger partial charge in [0.1, 0.15) is 0 Å². The zero-order valence-corrected chi connectivity index (χ0v) is 10.4. The number of benzene rings is 1. The van der Waals surface area contributed by atoms with E-state index in [4.69, 9.17) is 16.3 Å². The number of unbranched alkanes of at least 4 members (excludes halogenated alkanes) is 1. The molecule has 100 valence electrons. The van der Waals surface area contributed by atoms with E-state index in [-0.39, 0.29) is 12.2 Å². The van der Waals surface area contributed by atoms with Crippen LogP contribution in [0.1, 0.15) is 35.7 Å². The van der Waals surface area contributed by atoms with Gasteiger partial charge in [0.15, 0.2) is 0 Å². The van der Waals surface area contributed by atoms with Crippen molar-refractivity contribution >= 4 is 17.6 Å². The minimum absolute atomic E-state index is 0.150. The molecule has 0 bridgehead atoms. The Kier molecular flexibility index (Phi) is 5.02. The summed E-state index contributed by atoms with van der Waals surface area (Å²) >= 11 is 5.44. The molecule has 0 aromatic heterocycles. The van der Waals surface area contributed by atoms with Crippen LogP contribution in [0.25, 0.3) is 0 Å². The fraction of sp³-hybridized carbons (Fsp3) is 0.417. The minimum atomic E-state index is -4.59. The summed E-state index contributed by atoms with van der Waals surface area (Å²) in [5.41, 5.74) is -1.18.